The zero-order valence-electron chi connectivity index (χ0n) is 18.2. The van der Waals surface area contributed by atoms with Crippen LogP contribution >= 0.6 is 0 Å². The molecule has 0 aliphatic carbocycles. The highest BCUT2D eigenvalue weighted by molar-refractivity contribution is 6.13. The normalized spacial score (nSPS) is 14.9. The second-order valence-corrected chi connectivity index (χ2v) is 7.33. The summed E-state index contributed by atoms with van der Waals surface area (Å²) in [6.07, 6.45) is 9.58. The molecule has 0 unspecified atom stereocenters. The van der Waals surface area contributed by atoms with Crippen LogP contribution in [0.4, 0.5) is 0 Å². The Hall–Kier alpha value is -3.54. The molecule has 0 radical (unpaired) electrons. The van der Waals surface area contributed by atoms with E-state index in [1.54, 1.807) is 21.3 Å². The average molecular weight is 418 g/mol. The number of aliphatic imine (C=N–C) groups is 1. The van der Waals surface area contributed by atoms with Crippen LogP contribution in [-0.4, -0.2) is 37.8 Å². The summed E-state index contributed by atoms with van der Waals surface area (Å²) in [7, 11) is 4.90. The molecule has 6 heteroatoms. The van der Waals surface area contributed by atoms with Crippen molar-refractivity contribution in [1.82, 2.24) is 5.01 Å². The molecule has 0 saturated carbocycles. The topological polar surface area (TPSA) is 55.7 Å². The number of methoxy groups -OCH3 is 3. The summed E-state index contributed by atoms with van der Waals surface area (Å²) in [6, 6.07) is 14.3. The van der Waals surface area contributed by atoms with Crippen molar-refractivity contribution in [3.8, 4) is 17.2 Å². The van der Waals surface area contributed by atoms with Gasteiger partial charge in [-0.15, -0.1) is 0 Å². The summed E-state index contributed by atoms with van der Waals surface area (Å²) >= 11 is 0. The third-order valence-corrected chi connectivity index (χ3v) is 5.38. The Morgan fingerprint density at radius 2 is 1.68 bits per heavy atom. The zero-order valence-corrected chi connectivity index (χ0v) is 18.2. The first-order valence-corrected chi connectivity index (χ1v) is 10.4. The van der Waals surface area contributed by atoms with E-state index in [1.165, 1.54) is 0 Å². The van der Waals surface area contributed by atoms with E-state index in [1.807, 2.05) is 47.7 Å². The smallest absolute Gasteiger partial charge is 0.203 e. The minimum atomic E-state index is 0.621. The van der Waals surface area contributed by atoms with Gasteiger partial charge in [0.05, 0.1) is 32.7 Å². The molecule has 31 heavy (non-hydrogen) atoms. The Kier molecular flexibility index (Phi) is 6.36. The first-order chi connectivity index (χ1) is 15.2. The van der Waals surface area contributed by atoms with Crippen LogP contribution in [0.15, 0.2) is 76.7 Å². The standard InChI is InChI=1S/C25H27N3O3/c1-29-22-16-18(17-23(30-2)25(22)31-3)8-7-11-20-12-13-21-24(19-9-5-4-6-10-19)26-14-15-28(21)27-20/h4-6,9-10,13-17H,7-8,11-12H2,1-3H3. The van der Waals surface area contributed by atoms with E-state index in [2.05, 4.69) is 23.2 Å². The number of fused-ring (bicyclic) bond motifs is 1. The van der Waals surface area contributed by atoms with Gasteiger partial charge in [0, 0.05) is 30.1 Å². The Labute approximate surface area is 183 Å². The Balaban J connectivity index is 1.40. The molecule has 0 bridgehead atoms. The van der Waals surface area contributed by atoms with Crippen molar-refractivity contribution in [3.63, 3.8) is 0 Å². The molecule has 2 heterocycles. The lowest BCUT2D eigenvalue weighted by Gasteiger charge is -2.27. The van der Waals surface area contributed by atoms with E-state index in [4.69, 9.17) is 19.3 Å². The van der Waals surface area contributed by atoms with Crippen molar-refractivity contribution < 1.29 is 14.2 Å². The molecular formula is C25H27N3O3. The molecule has 0 aromatic heterocycles. The second kappa shape index (κ2) is 9.51. The summed E-state index contributed by atoms with van der Waals surface area (Å²) in [5, 5.41) is 6.79. The lowest BCUT2D eigenvalue weighted by Crippen LogP contribution is -2.26. The van der Waals surface area contributed by atoms with Gasteiger partial charge in [-0.1, -0.05) is 36.4 Å². The molecule has 0 fully saturated rings. The molecule has 2 aromatic carbocycles. The molecule has 0 spiro atoms. The average Bonchev–Trinajstić information content (AvgIpc) is 2.83. The number of hydrazone groups is 1. The quantitative estimate of drug-likeness (QED) is 0.610. The van der Waals surface area contributed by atoms with Crippen LogP contribution < -0.4 is 14.2 Å². The van der Waals surface area contributed by atoms with Crippen LogP contribution in [0.25, 0.3) is 0 Å². The first-order valence-electron chi connectivity index (χ1n) is 10.4. The maximum atomic E-state index is 5.46. The fourth-order valence-corrected chi connectivity index (χ4v) is 3.86. The highest BCUT2D eigenvalue weighted by Crippen LogP contribution is 2.38. The molecule has 0 N–H and O–H groups in total. The van der Waals surface area contributed by atoms with E-state index >= 15 is 0 Å². The SMILES string of the molecule is COc1cc(CCCC2=NN3C=CN=C(c4ccccc4)C3=CC2)cc(OC)c1OC. The minimum Gasteiger partial charge on any atom is -0.493 e. The van der Waals surface area contributed by atoms with Gasteiger partial charge >= 0.3 is 0 Å². The van der Waals surface area contributed by atoms with Gasteiger partial charge in [-0.05, 0) is 37.0 Å². The van der Waals surface area contributed by atoms with Crippen molar-refractivity contribution in [2.24, 2.45) is 10.1 Å². The van der Waals surface area contributed by atoms with E-state index < -0.39 is 0 Å². The molecule has 0 saturated heterocycles. The van der Waals surface area contributed by atoms with E-state index in [0.717, 1.165) is 53.9 Å². The van der Waals surface area contributed by atoms with E-state index in [0.29, 0.717) is 17.2 Å². The van der Waals surface area contributed by atoms with Crippen LogP contribution in [0.1, 0.15) is 30.4 Å². The maximum absolute atomic E-state index is 5.46. The molecule has 2 aliphatic heterocycles. The van der Waals surface area contributed by atoms with Gasteiger partial charge in [-0.25, -0.2) is 5.01 Å². The fourth-order valence-electron chi connectivity index (χ4n) is 3.86. The van der Waals surface area contributed by atoms with Gasteiger partial charge in [0.25, 0.3) is 0 Å². The first kappa shape index (κ1) is 20.7. The summed E-state index contributed by atoms with van der Waals surface area (Å²) in [5.41, 5.74) is 5.42. The molecule has 2 aromatic rings. The Bertz CT molecular complexity index is 1030. The third kappa shape index (κ3) is 4.48. The van der Waals surface area contributed by atoms with Crippen LogP contribution in [0.3, 0.4) is 0 Å². The van der Waals surface area contributed by atoms with Crippen molar-refractivity contribution >= 4 is 11.4 Å². The monoisotopic (exact) mass is 417 g/mol. The second-order valence-electron chi connectivity index (χ2n) is 7.33. The number of aryl methyl sites for hydroxylation is 1. The van der Waals surface area contributed by atoms with Gasteiger partial charge in [-0.2, -0.15) is 5.10 Å². The predicted molar refractivity (Wildman–Crippen MR) is 123 cm³/mol. The van der Waals surface area contributed by atoms with Crippen molar-refractivity contribution in [3.05, 3.63) is 77.8 Å². The van der Waals surface area contributed by atoms with Gasteiger partial charge in [0.1, 0.15) is 0 Å². The molecule has 0 amide bonds. The Morgan fingerprint density at radius 3 is 2.35 bits per heavy atom. The zero-order chi connectivity index (χ0) is 21.6. The van der Waals surface area contributed by atoms with Crippen molar-refractivity contribution in [1.29, 1.82) is 0 Å². The van der Waals surface area contributed by atoms with Gasteiger partial charge in [-0.3, -0.25) is 4.99 Å². The highest BCUT2D eigenvalue weighted by atomic mass is 16.5. The number of hydrogen-bond acceptors (Lipinski definition) is 6. The number of nitrogens with zero attached hydrogens (tertiary/aromatic N) is 3. The Morgan fingerprint density at radius 1 is 0.935 bits per heavy atom. The summed E-state index contributed by atoms with van der Waals surface area (Å²) < 4.78 is 16.3. The minimum absolute atomic E-state index is 0.621. The van der Waals surface area contributed by atoms with Crippen molar-refractivity contribution in [2.45, 2.75) is 25.7 Å². The lowest BCUT2D eigenvalue weighted by molar-refractivity contribution is 0.323. The lowest BCUT2D eigenvalue weighted by atomic mass is 10.0. The summed E-state index contributed by atoms with van der Waals surface area (Å²) in [5.74, 6) is 1.99. The maximum Gasteiger partial charge on any atom is 0.203 e. The summed E-state index contributed by atoms with van der Waals surface area (Å²) in [6.45, 7) is 0. The molecule has 6 nitrogen and oxygen atoms in total. The molecular weight excluding hydrogens is 390 g/mol. The van der Waals surface area contributed by atoms with E-state index in [9.17, 15) is 0 Å². The van der Waals surface area contributed by atoms with Gasteiger partial charge in [0.2, 0.25) is 5.75 Å². The van der Waals surface area contributed by atoms with Crippen LogP contribution in [-0.2, 0) is 6.42 Å². The summed E-state index contributed by atoms with van der Waals surface area (Å²) in [4.78, 5) is 4.58. The number of ether oxygens (including phenoxy) is 3. The number of allylic oxidation sites excluding steroid dienone is 2. The van der Waals surface area contributed by atoms with Crippen LogP contribution in [0, 0.1) is 0 Å². The number of rotatable bonds is 8. The third-order valence-electron chi connectivity index (χ3n) is 5.38. The largest absolute Gasteiger partial charge is 0.493 e. The predicted octanol–water partition coefficient (Wildman–Crippen LogP) is 4.95. The highest BCUT2D eigenvalue weighted by Gasteiger charge is 2.22. The van der Waals surface area contributed by atoms with Gasteiger partial charge in [0.15, 0.2) is 11.5 Å². The number of benzene rings is 2. The molecule has 0 atom stereocenters. The fraction of sp³-hybridized carbons (Fsp3) is 0.280. The van der Waals surface area contributed by atoms with Crippen LogP contribution in [0.5, 0.6) is 17.2 Å². The van der Waals surface area contributed by atoms with Gasteiger partial charge < -0.3 is 14.2 Å². The number of hydrogen-bond donors (Lipinski definition) is 0. The molecule has 160 valence electrons. The van der Waals surface area contributed by atoms with Crippen LogP contribution in [0.2, 0.25) is 0 Å². The van der Waals surface area contributed by atoms with E-state index in [-0.39, 0.29) is 0 Å². The van der Waals surface area contributed by atoms with Crippen molar-refractivity contribution in [2.75, 3.05) is 21.3 Å². The molecule has 4 rings (SSSR count). The molecule has 2 aliphatic rings.